The predicted octanol–water partition coefficient (Wildman–Crippen LogP) is 3.27. The van der Waals surface area contributed by atoms with Crippen molar-refractivity contribution in [1.82, 2.24) is 0 Å². The Balaban J connectivity index is 2.50. The Morgan fingerprint density at radius 3 is 2.33 bits per heavy atom. The van der Waals surface area contributed by atoms with Gasteiger partial charge in [0, 0.05) is 27.9 Å². The third kappa shape index (κ3) is 2.51. The van der Waals surface area contributed by atoms with E-state index in [0.29, 0.717) is 0 Å². The molecular formula is C15H16O2S. The van der Waals surface area contributed by atoms with Gasteiger partial charge >= 0.3 is 0 Å². The minimum Gasteiger partial charge on any atom is -0.299 e. The van der Waals surface area contributed by atoms with Crippen LogP contribution in [0.1, 0.15) is 25.3 Å². The molecule has 2 atom stereocenters. The Morgan fingerprint density at radius 2 is 1.72 bits per heavy atom. The Kier molecular flexibility index (Phi) is 3.62. The molecule has 0 fully saturated rings. The molecule has 0 spiro atoms. The van der Waals surface area contributed by atoms with E-state index in [-0.39, 0.29) is 11.7 Å². The smallest absolute Gasteiger partial charge is 0.136 e. The van der Waals surface area contributed by atoms with Crippen molar-refractivity contribution in [3.8, 4) is 0 Å². The molecule has 2 aromatic carbocycles. The van der Waals surface area contributed by atoms with Crippen LogP contribution in [0.15, 0.2) is 41.3 Å². The van der Waals surface area contributed by atoms with Gasteiger partial charge in [-0.05, 0) is 35.4 Å². The molecule has 2 aromatic rings. The van der Waals surface area contributed by atoms with Crippen molar-refractivity contribution in [3.63, 3.8) is 0 Å². The number of carbonyl (C=O) groups excluding carboxylic acids is 1. The second-order valence-corrected chi connectivity index (χ2v) is 5.93. The van der Waals surface area contributed by atoms with Crippen LogP contribution in [0.25, 0.3) is 10.8 Å². The fourth-order valence-electron chi connectivity index (χ4n) is 1.93. The molecule has 0 saturated carbocycles. The number of hydrogen-bond donors (Lipinski definition) is 0. The van der Waals surface area contributed by atoms with E-state index in [4.69, 9.17) is 0 Å². The third-order valence-corrected chi connectivity index (χ3v) is 4.20. The molecule has 2 nitrogen and oxygen atoms in total. The van der Waals surface area contributed by atoms with E-state index in [2.05, 4.69) is 0 Å². The Morgan fingerprint density at radius 1 is 1.11 bits per heavy atom. The van der Waals surface area contributed by atoms with E-state index < -0.39 is 10.8 Å². The molecule has 0 amide bonds. The lowest BCUT2D eigenvalue weighted by Gasteiger charge is -2.09. The van der Waals surface area contributed by atoms with Crippen molar-refractivity contribution in [2.24, 2.45) is 0 Å². The van der Waals surface area contributed by atoms with E-state index in [1.807, 2.05) is 43.3 Å². The van der Waals surface area contributed by atoms with Crippen LogP contribution >= 0.6 is 0 Å². The number of benzene rings is 2. The van der Waals surface area contributed by atoms with Gasteiger partial charge in [0.1, 0.15) is 5.78 Å². The monoisotopic (exact) mass is 260 g/mol. The second-order valence-electron chi connectivity index (χ2n) is 4.55. The maximum absolute atomic E-state index is 11.4. The van der Waals surface area contributed by atoms with Crippen molar-refractivity contribution < 1.29 is 9.00 Å². The first kappa shape index (κ1) is 13.0. The molecule has 0 heterocycles. The number of rotatable bonds is 3. The summed E-state index contributed by atoms with van der Waals surface area (Å²) in [6.45, 7) is 3.52. The lowest BCUT2D eigenvalue weighted by molar-refractivity contribution is -0.118. The predicted molar refractivity (Wildman–Crippen MR) is 75.4 cm³/mol. The zero-order valence-electron chi connectivity index (χ0n) is 10.8. The fraction of sp³-hybridized carbons (Fsp3) is 0.267. The number of fused-ring (bicyclic) bond motifs is 1. The molecule has 0 saturated heterocycles. The summed E-state index contributed by atoms with van der Waals surface area (Å²) in [5.41, 5.74) is 1.03. The molecule has 18 heavy (non-hydrogen) atoms. The van der Waals surface area contributed by atoms with Gasteiger partial charge in [0.05, 0.1) is 0 Å². The highest BCUT2D eigenvalue weighted by molar-refractivity contribution is 7.84. The molecule has 0 aliphatic heterocycles. The molecule has 0 aliphatic carbocycles. The van der Waals surface area contributed by atoms with Crippen LogP contribution in [0, 0.1) is 0 Å². The third-order valence-electron chi connectivity index (χ3n) is 3.28. The van der Waals surface area contributed by atoms with Crippen LogP contribution in [0.4, 0.5) is 0 Å². The Labute approximate surface area is 109 Å². The van der Waals surface area contributed by atoms with Gasteiger partial charge in [-0.1, -0.05) is 31.2 Å². The van der Waals surface area contributed by atoms with Crippen molar-refractivity contribution >= 4 is 27.4 Å². The van der Waals surface area contributed by atoms with Crippen molar-refractivity contribution in [2.75, 3.05) is 6.26 Å². The lowest BCUT2D eigenvalue weighted by atomic mass is 9.95. The fourth-order valence-corrected chi connectivity index (χ4v) is 2.48. The van der Waals surface area contributed by atoms with E-state index >= 15 is 0 Å². The van der Waals surface area contributed by atoms with E-state index in [1.165, 1.54) is 0 Å². The number of Topliss-reactive ketones (excluding diaryl/α,β-unsaturated/α-hetero) is 1. The molecule has 0 aromatic heterocycles. The average molecular weight is 260 g/mol. The van der Waals surface area contributed by atoms with Gasteiger partial charge in [0.15, 0.2) is 0 Å². The molecule has 0 bridgehead atoms. The van der Waals surface area contributed by atoms with Crippen molar-refractivity contribution in [2.45, 2.75) is 24.7 Å². The van der Waals surface area contributed by atoms with E-state index in [9.17, 15) is 9.00 Å². The maximum atomic E-state index is 11.4. The van der Waals surface area contributed by atoms with Gasteiger partial charge in [-0.15, -0.1) is 0 Å². The largest absolute Gasteiger partial charge is 0.299 e. The first-order chi connectivity index (χ1) is 8.49. The molecule has 0 radical (unpaired) electrons. The van der Waals surface area contributed by atoms with Crippen LogP contribution in [-0.2, 0) is 15.6 Å². The minimum absolute atomic E-state index is 0.0746. The Bertz CT molecular complexity index is 631. The van der Waals surface area contributed by atoms with Crippen LogP contribution < -0.4 is 0 Å². The maximum Gasteiger partial charge on any atom is 0.136 e. The molecule has 94 valence electrons. The summed E-state index contributed by atoms with van der Waals surface area (Å²) in [5.74, 6) is 0.0926. The van der Waals surface area contributed by atoms with Gasteiger partial charge in [-0.25, -0.2) is 0 Å². The first-order valence-corrected chi connectivity index (χ1v) is 7.42. The van der Waals surface area contributed by atoms with Crippen LogP contribution in [-0.4, -0.2) is 16.2 Å². The molecule has 3 heteroatoms. The van der Waals surface area contributed by atoms with E-state index in [1.54, 1.807) is 13.2 Å². The standard InChI is InChI=1S/C15H16O2S/c1-10(11(2)16)12-4-5-14-9-15(18(3)17)7-6-13(14)8-12/h4-10H,1-3H3. The quantitative estimate of drug-likeness (QED) is 0.848. The number of ketones is 1. The molecule has 2 unspecified atom stereocenters. The summed E-state index contributed by atoms with van der Waals surface area (Å²) in [6.07, 6.45) is 1.67. The van der Waals surface area contributed by atoms with Gasteiger partial charge in [0.25, 0.3) is 0 Å². The topological polar surface area (TPSA) is 34.1 Å². The van der Waals surface area contributed by atoms with Gasteiger partial charge in [0.2, 0.25) is 0 Å². The van der Waals surface area contributed by atoms with E-state index in [0.717, 1.165) is 21.2 Å². The SMILES string of the molecule is CC(=O)C(C)c1ccc2cc(S(C)=O)ccc2c1. The summed E-state index contributed by atoms with van der Waals surface area (Å²) in [5, 5.41) is 2.14. The lowest BCUT2D eigenvalue weighted by Crippen LogP contribution is -2.03. The summed E-state index contributed by atoms with van der Waals surface area (Å²) in [7, 11) is -0.961. The molecular weight excluding hydrogens is 244 g/mol. The van der Waals surface area contributed by atoms with Crippen molar-refractivity contribution in [3.05, 3.63) is 42.0 Å². The highest BCUT2D eigenvalue weighted by Gasteiger charge is 2.11. The van der Waals surface area contributed by atoms with Gasteiger partial charge in [-0.3, -0.25) is 9.00 Å². The van der Waals surface area contributed by atoms with Gasteiger partial charge in [-0.2, -0.15) is 0 Å². The summed E-state index contributed by atoms with van der Waals surface area (Å²) >= 11 is 0. The summed E-state index contributed by atoms with van der Waals surface area (Å²) in [4.78, 5) is 12.2. The zero-order valence-corrected chi connectivity index (χ0v) is 11.6. The highest BCUT2D eigenvalue weighted by atomic mass is 32.2. The zero-order chi connectivity index (χ0) is 13.3. The normalized spacial score (nSPS) is 14.4. The number of carbonyl (C=O) groups is 1. The molecule has 2 rings (SSSR count). The van der Waals surface area contributed by atoms with Crippen molar-refractivity contribution in [1.29, 1.82) is 0 Å². The average Bonchev–Trinajstić information content (AvgIpc) is 2.36. The highest BCUT2D eigenvalue weighted by Crippen LogP contribution is 2.24. The summed E-state index contributed by atoms with van der Waals surface area (Å²) < 4.78 is 11.4. The molecule has 0 aliphatic rings. The minimum atomic E-state index is -0.961. The second kappa shape index (κ2) is 5.02. The van der Waals surface area contributed by atoms with Crippen LogP contribution in [0.5, 0.6) is 0 Å². The Hall–Kier alpha value is -1.48. The van der Waals surface area contributed by atoms with Crippen LogP contribution in [0.2, 0.25) is 0 Å². The summed E-state index contributed by atoms with van der Waals surface area (Å²) in [6, 6.07) is 11.8. The van der Waals surface area contributed by atoms with Gasteiger partial charge < -0.3 is 0 Å². The first-order valence-electron chi connectivity index (χ1n) is 5.86. The number of hydrogen-bond acceptors (Lipinski definition) is 2. The van der Waals surface area contributed by atoms with Crippen LogP contribution in [0.3, 0.4) is 0 Å². The molecule has 0 N–H and O–H groups in total.